The van der Waals surface area contributed by atoms with Crippen molar-refractivity contribution in [1.29, 1.82) is 0 Å². The summed E-state index contributed by atoms with van der Waals surface area (Å²) in [5.41, 5.74) is 4.63. The molecule has 1 amide bonds. The molecule has 5 rings (SSSR count). The second kappa shape index (κ2) is 11.8. The first kappa shape index (κ1) is 25.4. The van der Waals surface area contributed by atoms with Crippen LogP contribution in [0.1, 0.15) is 53.1 Å². The van der Waals surface area contributed by atoms with Crippen LogP contribution in [0.15, 0.2) is 93.4 Å². The number of hydrogen-bond acceptors (Lipinski definition) is 7. The molecule has 0 spiro atoms. The van der Waals surface area contributed by atoms with Crippen LogP contribution >= 0.6 is 0 Å². The summed E-state index contributed by atoms with van der Waals surface area (Å²) in [7, 11) is 0. The molecule has 38 heavy (non-hydrogen) atoms. The summed E-state index contributed by atoms with van der Waals surface area (Å²) >= 11 is 0. The SMILES string of the molecule is O=C(N/N=C(/CCN1CCCC1)C[C@@H](c1ccccc1)c1c(O)c2ccccc2oc1=O)c1ccncc1. The Kier molecular flexibility index (Phi) is 7.89. The van der Waals surface area contributed by atoms with E-state index in [9.17, 15) is 14.7 Å². The maximum atomic E-state index is 13.2. The first-order valence-electron chi connectivity index (χ1n) is 12.9. The smallest absolute Gasteiger partial charge is 0.343 e. The van der Waals surface area contributed by atoms with Crippen LogP contribution in [-0.2, 0) is 0 Å². The van der Waals surface area contributed by atoms with Crippen LogP contribution in [0.2, 0.25) is 0 Å². The average molecular weight is 511 g/mol. The summed E-state index contributed by atoms with van der Waals surface area (Å²) in [5, 5.41) is 16.3. The van der Waals surface area contributed by atoms with Gasteiger partial charge in [0.2, 0.25) is 0 Å². The molecule has 1 atom stereocenters. The molecule has 1 aliphatic rings. The van der Waals surface area contributed by atoms with Crippen LogP contribution in [0.4, 0.5) is 0 Å². The van der Waals surface area contributed by atoms with E-state index in [1.54, 1.807) is 48.8 Å². The van der Waals surface area contributed by atoms with Crippen molar-refractivity contribution in [3.63, 3.8) is 0 Å². The van der Waals surface area contributed by atoms with Gasteiger partial charge in [0.1, 0.15) is 11.3 Å². The predicted molar refractivity (Wildman–Crippen MR) is 146 cm³/mol. The lowest BCUT2D eigenvalue weighted by atomic mass is 9.86. The molecule has 8 nitrogen and oxygen atoms in total. The lowest BCUT2D eigenvalue weighted by Gasteiger charge is -2.21. The molecule has 1 fully saturated rings. The van der Waals surface area contributed by atoms with Gasteiger partial charge in [-0.15, -0.1) is 0 Å². The highest BCUT2D eigenvalue weighted by molar-refractivity contribution is 5.95. The number of benzene rings is 2. The van der Waals surface area contributed by atoms with Gasteiger partial charge in [-0.3, -0.25) is 9.78 Å². The zero-order valence-corrected chi connectivity index (χ0v) is 21.0. The third-order valence-corrected chi connectivity index (χ3v) is 6.98. The Labute approximate surface area is 220 Å². The van der Waals surface area contributed by atoms with Crippen LogP contribution in [0.5, 0.6) is 5.75 Å². The number of pyridine rings is 1. The number of carbonyl (C=O) groups is 1. The van der Waals surface area contributed by atoms with Gasteiger partial charge in [-0.05, 0) is 62.2 Å². The van der Waals surface area contributed by atoms with Gasteiger partial charge in [0.05, 0.1) is 10.9 Å². The number of hydrazone groups is 1. The Bertz CT molecular complexity index is 1480. The fourth-order valence-electron chi connectivity index (χ4n) is 4.96. The number of aromatic hydroxyl groups is 1. The van der Waals surface area contributed by atoms with E-state index in [0.717, 1.165) is 30.9 Å². The number of nitrogens with one attached hydrogen (secondary N) is 1. The van der Waals surface area contributed by atoms with Crippen molar-refractivity contribution >= 4 is 22.6 Å². The van der Waals surface area contributed by atoms with Crippen molar-refractivity contribution in [2.45, 2.75) is 31.6 Å². The molecule has 2 N–H and O–H groups in total. The number of likely N-dealkylation sites (tertiary alicyclic amines) is 1. The number of aromatic nitrogens is 1. The van der Waals surface area contributed by atoms with Crippen molar-refractivity contribution in [2.24, 2.45) is 5.10 Å². The number of carbonyl (C=O) groups excluding carboxylic acids is 1. The third-order valence-electron chi connectivity index (χ3n) is 6.98. The van der Waals surface area contributed by atoms with Crippen molar-refractivity contribution in [3.8, 4) is 5.75 Å². The van der Waals surface area contributed by atoms with Gasteiger partial charge in [-0.2, -0.15) is 5.10 Å². The Morgan fingerprint density at radius 2 is 1.74 bits per heavy atom. The van der Waals surface area contributed by atoms with Crippen LogP contribution < -0.4 is 11.1 Å². The van der Waals surface area contributed by atoms with Crippen molar-refractivity contribution < 1.29 is 14.3 Å². The summed E-state index contributed by atoms with van der Waals surface area (Å²) in [6.45, 7) is 2.87. The Balaban J connectivity index is 1.51. The molecular formula is C30H30N4O4. The first-order chi connectivity index (χ1) is 18.6. The molecule has 4 aromatic rings. The van der Waals surface area contributed by atoms with Crippen molar-refractivity contribution in [2.75, 3.05) is 19.6 Å². The van der Waals surface area contributed by atoms with Crippen molar-refractivity contribution in [1.82, 2.24) is 15.3 Å². The van der Waals surface area contributed by atoms with E-state index >= 15 is 0 Å². The molecule has 0 radical (unpaired) electrons. The largest absolute Gasteiger partial charge is 0.507 e. The summed E-state index contributed by atoms with van der Waals surface area (Å²) in [4.78, 5) is 32.3. The highest BCUT2D eigenvalue weighted by atomic mass is 16.4. The van der Waals surface area contributed by atoms with Gasteiger partial charge >= 0.3 is 5.63 Å². The van der Waals surface area contributed by atoms with E-state index in [-0.39, 0.29) is 17.2 Å². The first-order valence-corrected chi connectivity index (χ1v) is 12.9. The molecule has 2 aromatic heterocycles. The van der Waals surface area contributed by atoms with Gasteiger partial charge in [-0.1, -0.05) is 42.5 Å². The summed E-state index contributed by atoms with van der Waals surface area (Å²) in [5.74, 6) is -0.951. The molecule has 194 valence electrons. The molecule has 0 bridgehead atoms. The minimum absolute atomic E-state index is 0.0922. The Morgan fingerprint density at radius 1 is 1.03 bits per heavy atom. The zero-order chi connectivity index (χ0) is 26.3. The average Bonchev–Trinajstić information content (AvgIpc) is 3.48. The third kappa shape index (κ3) is 5.81. The Morgan fingerprint density at radius 3 is 2.50 bits per heavy atom. The van der Waals surface area contributed by atoms with E-state index in [1.165, 1.54) is 12.8 Å². The van der Waals surface area contributed by atoms with E-state index in [1.807, 2.05) is 30.3 Å². The minimum Gasteiger partial charge on any atom is -0.507 e. The molecule has 1 saturated heterocycles. The number of nitrogens with zero attached hydrogens (tertiary/aromatic N) is 3. The van der Waals surface area contributed by atoms with Gasteiger partial charge in [0.15, 0.2) is 0 Å². The number of amides is 1. The fraction of sp³-hybridized carbons (Fsp3) is 0.267. The standard InChI is InChI=1S/C30H30N4O4/c35-28-24-10-4-5-11-26(24)38-30(37)27(28)25(21-8-2-1-3-9-21)20-23(14-19-34-17-6-7-18-34)32-33-29(36)22-12-15-31-16-13-22/h1-5,8-13,15-16,25,35H,6-7,14,17-20H2,(H,33,36)/b32-23-/t25-/m0/s1. The fourth-order valence-corrected chi connectivity index (χ4v) is 4.96. The van der Waals surface area contributed by atoms with Gasteiger partial charge in [0.25, 0.3) is 5.91 Å². The topological polar surface area (TPSA) is 108 Å². The number of hydrogen-bond donors (Lipinski definition) is 2. The van der Waals surface area contributed by atoms with Gasteiger partial charge in [-0.25, -0.2) is 10.2 Å². The van der Waals surface area contributed by atoms with E-state index in [2.05, 4.69) is 20.4 Å². The molecule has 2 aromatic carbocycles. The highest BCUT2D eigenvalue weighted by Crippen LogP contribution is 2.36. The van der Waals surface area contributed by atoms with Crippen LogP contribution in [0.3, 0.4) is 0 Å². The summed E-state index contributed by atoms with van der Waals surface area (Å²) < 4.78 is 5.62. The number of fused-ring (bicyclic) bond motifs is 1. The molecule has 3 heterocycles. The lowest BCUT2D eigenvalue weighted by molar-refractivity contribution is 0.0954. The second-order valence-electron chi connectivity index (χ2n) is 9.47. The maximum absolute atomic E-state index is 13.2. The van der Waals surface area contributed by atoms with Crippen LogP contribution in [0.25, 0.3) is 11.0 Å². The van der Waals surface area contributed by atoms with Gasteiger partial charge < -0.3 is 14.4 Å². The van der Waals surface area contributed by atoms with Crippen LogP contribution in [0, 0.1) is 0 Å². The minimum atomic E-state index is -0.588. The normalized spacial score (nSPS) is 15.0. The van der Waals surface area contributed by atoms with E-state index in [0.29, 0.717) is 29.4 Å². The second-order valence-corrected chi connectivity index (χ2v) is 9.47. The maximum Gasteiger partial charge on any atom is 0.343 e. The lowest BCUT2D eigenvalue weighted by Crippen LogP contribution is -2.26. The molecule has 0 unspecified atom stereocenters. The summed E-state index contributed by atoms with van der Waals surface area (Å²) in [6, 6.07) is 19.7. The highest BCUT2D eigenvalue weighted by Gasteiger charge is 2.27. The number of rotatable bonds is 9. The molecule has 0 saturated carbocycles. The quantitative estimate of drug-likeness (QED) is 0.192. The van der Waals surface area contributed by atoms with E-state index < -0.39 is 11.5 Å². The predicted octanol–water partition coefficient (Wildman–Crippen LogP) is 4.69. The molecule has 0 aliphatic carbocycles. The molecule has 8 heteroatoms. The zero-order valence-electron chi connectivity index (χ0n) is 21.0. The van der Waals surface area contributed by atoms with E-state index in [4.69, 9.17) is 4.42 Å². The molecule has 1 aliphatic heterocycles. The van der Waals surface area contributed by atoms with Crippen molar-refractivity contribution in [3.05, 3.63) is 106 Å². The van der Waals surface area contributed by atoms with Crippen LogP contribution in [-0.4, -0.2) is 46.2 Å². The monoisotopic (exact) mass is 510 g/mol. The Hall–Kier alpha value is -4.30. The molecular weight excluding hydrogens is 480 g/mol. The summed E-state index contributed by atoms with van der Waals surface area (Å²) in [6.07, 6.45) is 6.39. The number of para-hydroxylation sites is 1. The van der Waals surface area contributed by atoms with Gasteiger partial charge in [0, 0.05) is 42.6 Å².